The van der Waals surface area contributed by atoms with Crippen molar-refractivity contribution in [3.63, 3.8) is 0 Å². The highest BCUT2D eigenvalue weighted by molar-refractivity contribution is 6.14. The highest BCUT2D eigenvalue weighted by Crippen LogP contribution is 2.27. The van der Waals surface area contributed by atoms with Gasteiger partial charge in [0.2, 0.25) is 5.41 Å². The second-order valence-corrected chi connectivity index (χ2v) is 7.84. The van der Waals surface area contributed by atoms with Crippen molar-refractivity contribution in [1.29, 1.82) is 0 Å². The molecule has 2 unspecified atom stereocenters. The van der Waals surface area contributed by atoms with Gasteiger partial charge in [0.25, 0.3) is 0 Å². The number of rotatable bonds is 9. The predicted molar refractivity (Wildman–Crippen MR) is 89.5 cm³/mol. The van der Waals surface area contributed by atoms with Gasteiger partial charge in [-0.2, -0.15) is 0 Å². The van der Waals surface area contributed by atoms with Crippen molar-refractivity contribution in [2.45, 2.75) is 59.0 Å². The first-order chi connectivity index (χ1) is 10.5. The molecule has 23 heavy (non-hydrogen) atoms. The Morgan fingerprint density at radius 3 is 1.96 bits per heavy atom. The molecule has 0 fully saturated rings. The van der Waals surface area contributed by atoms with E-state index in [-0.39, 0.29) is 18.4 Å². The monoisotopic (exact) mass is 344 g/mol. The maximum Gasteiger partial charge on any atom is 0.330 e. The van der Waals surface area contributed by atoms with Gasteiger partial charge in [0, 0.05) is 32.3 Å². The van der Waals surface area contributed by atoms with E-state index < -0.39 is 23.3 Å². The normalized spacial score (nSPS) is 14.0. The topological polar surface area (TPSA) is 78.9 Å². The fraction of sp³-hybridized carbons (Fsp3) is 0.688. The molecule has 0 saturated heterocycles. The molecule has 0 N–H and O–H groups in total. The Morgan fingerprint density at radius 2 is 1.61 bits per heavy atom. The summed E-state index contributed by atoms with van der Waals surface area (Å²) in [6.45, 7) is 11.9. The van der Waals surface area contributed by atoms with Crippen molar-refractivity contribution in [2.24, 2.45) is 11.8 Å². The molecular weight excluding hydrogens is 316 g/mol. The Morgan fingerprint density at radius 1 is 1.13 bits per heavy atom. The summed E-state index contributed by atoms with van der Waals surface area (Å²) in [5.74, 6) is -1.38. The van der Waals surface area contributed by atoms with Crippen LogP contribution in [0, 0.1) is 11.8 Å². The van der Waals surface area contributed by atoms with Gasteiger partial charge in [-0.1, -0.05) is 27.4 Å². The Labute approximate surface area is 141 Å². The van der Waals surface area contributed by atoms with E-state index >= 15 is 0 Å². The van der Waals surface area contributed by atoms with E-state index in [1.807, 2.05) is 20.8 Å². The van der Waals surface area contributed by atoms with Crippen LogP contribution < -0.4 is 0 Å². The summed E-state index contributed by atoms with van der Waals surface area (Å²) in [6, 6.07) is 0. The van der Waals surface area contributed by atoms with Crippen molar-refractivity contribution >= 4 is 28.2 Å². The molecule has 6 nitrogen and oxygen atoms in total. The van der Waals surface area contributed by atoms with Crippen molar-refractivity contribution in [1.82, 2.24) is 0 Å². The molecular formula is C16H28O6Si. The van der Waals surface area contributed by atoms with E-state index in [2.05, 4.69) is 6.58 Å². The summed E-state index contributed by atoms with van der Waals surface area (Å²) in [6.07, 6.45) is 1.67. The smallest absolute Gasteiger partial charge is 0.330 e. The lowest BCUT2D eigenvalue weighted by molar-refractivity contribution is -0.204. The average molecular weight is 344 g/mol. The zero-order chi connectivity index (χ0) is 18.2. The molecule has 7 heteroatoms. The van der Waals surface area contributed by atoms with Gasteiger partial charge in [-0.3, -0.25) is 9.59 Å². The lowest BCUT2D eigenvalue weighted by atomic mass is 9.92. The van der Waals surface area contributed by atoms with E-state index in [0.717, 1.165) is 6.08 Å². The summed E-state index contributed by atoms with van der Waals surface area (Å²) in [5, 5.41) is 0. The highest BCUT2D eigenvalue weighted by Gasteiger charge is 2.36. The van der Waals surface area contributed by atoms with Crippen LogP contribution in [0.5, 0.6) is 0 Å². The number of carbonyl (C=O) groups is 3. The Hall–Kier alpha value is -1.63. The lowest BCUT2D eigenvalue weighted by Gasteiger charge is -2.34. The van der Waals surface area contributed by atoms with Gasteiger partial charge in [-0.05, 0) is 12.3 Å². The Bertz CT molecular complexity index is 430. The molecule has 0 aromatic carbocycles. The van der Waals surface area contributed by atoms with Crippen LogP contribution in [-0.2, 0) is 28.6 Å². The molecule has 0 aromatic heterocycles. The number of esters is 3. The van der Waals surface area contributed by atoms with Crippen LogP contribution in [-0.4, -0.2) is 39.7 Å². The molecule has 0 aliphatic rings. The molecule has 0 saturated carbocycles. The van der Waals surface area contributed by atoms with Crippen LogP contribution in [0.15, 0.2) is 12.7 Å². The van der Waals surface area contributed by atoms with E-state index in [1.165, 1.54) is 13.8 Å². The van der Waals surface area contributed by atoms with E-state index in [1.54, 1.807) is 0 Å². The molecule has 0 bridgehead atoms. The molecule has 0 spiro atoms. The van der Waals surface area contributed by atoms with Gasteiger partial charge in [0.15, 0.2) is 0 Å². The Kier molecular flexibility index (Phi) is 8.82. The van der Waals surface area contributed by atoms with Crippen LogP contribution in [0.2, 0.25) is 0 Å². The van der Waals surface area contributed by atoms with Crippen molar-refractivity contribution in [3.8, 4) is 0 Å². The predicted octanol–water partition coefficient (Wildman–Crippen LogP) is 1.30. The Balaban J connectivity index is 5.16. The van der Waals surface area contributed by atoms with Crippen LogP contribution in [0.3, 0.4) is 0 Å². The van der Waals surface area contributed by atoms with Gasteiger partial charge in [-0.15, -0.1) is 0 Å². The maximum atomic E-state index is 11.5. The molecule has 0 heterocycles. The van der Waals surface area contributed by atoms with Crippen molar-refractivity contribution < 1.29 is 28.6 Å². The molecule has 0 aromatic rings. The minimum atomic E-state index is -1.26. The van der Waals surface area contributed by atoms with Crippen molar-refractivity contribution in [2.75, 3.05) is 0 Å². The van der Waals surface area contributed by atoms with Gasteiger partial charge in [0.05, 0.1) is 0 Å². The van der Waals surface area contributed by atoms with Crippen molar-refractivity contribution in [3.05, 3.63) is 12.7 Å². The molecule has 0 amide bonds. The molecule has 132 valence electrons. The summed E-state index contributed by atoms with van der Waals surface area (Å²) < 4.78 is 15.9. The number of hydrogen-bond acceptors (Lipinski definition) is 6. The fourth-order valence-corrected chi connectivity index (χ4v) is 3.71. The minimum Gasteiger partial charge on any atom is -0.459 e. The zero-order valence-corrected chi connectivity index (χ0v) is 16.9. The van der Waals surface area contributed by atoms with Crippen LogP contribution in [0.25, 0.3) is 0 Å². The molecule has 0 radical (unpaired) electrons. The van der Waals surface area contributed by atoms with Gasteiger partial charge >= 0.3 is 17.9 Å². The van der Waals surface area contributed by atoms with Crippen LogP contribution >= 0.6 is 0 Å². The van der Waals surface area contributed by atoms with E-state index in [0.29, 0.717) is 22.6 Å². The quantitative estimate of drug-likeness (QED) is 0.271. The SMILES string of the molecule is C=CC(=O)OC(CC(C)C)C(C)CC([SiH3])(OC(C)=O)OC(C)=O. The molecule has 2 atom stereocenters. The second-order valence-electron chi connectivity index (χ2n) is 6.31. The highest BCUT2D eigenvalue weighted by atomic mass is 28.1. The van der Waals surface area contributed by atoms with E-state index in [4.69, 9.17) is 14.2 Å². The standard InChI is InChI=1S/C16H28O6Si/c1-7-15(19)20-14(8-10(2)3)11(4)9-16(23,21-12(5)17)22-13(6)18/h7,10-11,14H,1,8-9H2,2-6,23H3. The summed E-state index contributed by atoms with van der Waals surface area (Å²) in [5.41, 5.74) is -1.26. The zero-order valence-electron chi connectivity index (χ0n) is 14.9. The summed E-state index contributed by atoms with van der Waals surface area (Å²) in [7, 11) is 0.310. The largest absolute Gasteiger partial charge is 0.459 e. The number of ether oxygens (including phenoxy) is 3. The van der Waals surface area contributed by atoms with Gasteiger partial charge in [-0.25, -0.2) is 4.79 Å². The first-order valence-electron chi connectivity index (χ1n) is 7.71. The average Bonchev–Trinajstić information content (AvgIpc) is 2.34. The summed E-state index contributed by atoms with van der Waals surface area (Å²) >= 11 is 0. The molecule has 0 rings (SSSR count). The first-order valence-corrected chi connectivity index (χ1v) is 8.71. The summed E-state index contributed by atoms with van der Waals surface area (Å²) in [4.78, 5) is 34.1. The third-order valence-corrected chi connectivity index (χ3v) is 4.00. The number of hydrogen-bond donors (Lipinski definition) is 0. The third-order valence-electron chi connectivity index (χ3n) is 3.18. The fourth-order valence-electron chi connectivity index (χ4n) is 2.49. The van der Waals surface area contributed by atoms with Crippen LogP contribution in [0.4, 0.5) is 0 Å². The molecule has 0 aliphatic carbocycles. The number of carbonyl (C=O) groups excluding carboxylic acids is 3. The second kappa shape index (κ2) is 9.49. The molecule has 0 aliphatic heterocycles. The van der Waals surface area contributed by atoms with Gasteiger partial charge in [0.1, 0.15) is 16.3 Å². The maximum absolute atomic E-state index is 11.5. The van der Waals surface area contributed by atoms with Crippen LogP contribution in [0.1, 0.15) is 47.5 Å². The lowest BCUT2D eigenvalue weighted by Crippen LogP contribution is -2.43. The van der Waals surface area contributed by atoms with E-state index in [9.17, 15) is 14.4 Å². The third kappa shape index (κ3) is 9.17. The minimum absolute atomic E-state index is 0.155. The van der Waals surface area contributed by atoms with Gasteiger partial charge < -0.3 is 14.2 Å². The first kappa shape index (κ1) is 21.4.